The molecule has 0 spiro atoms. The number of hydrogen-bond donors (Lipinski definition) is 1. The number of nitrogens with one attached hydrogen (secondary N) is 1. The van der Waals surface area contributed by atoms with Gasteiger partial charge in [0.1, 0.15) is 0 Å². The largest absolute Gasteiger partial charge is 0.379 e. The Morgan fingerprint density at radius 3 is 2.64 bits per heavy atom. The van der Waals surface area contributed by atoms with E-state index < -0.39 is 0 Å². The maximum atomic E-state index is 6.28. The number of para-hydroxylation sites is 1. The van der Waals surface area contributed by atoms with Gasteiger partial charge >= 0.3 is 0 Å². The summed E-state index contributed by atoms with van der Waals surface area (Å²) in [6.45, 7) is 6.20. The van der Waals surface area contributed by atoms with Gasteiger partial charge in [0, 0.05) is 37.7 Å². The molecule has 1 N–H and O–H groups in total. The fraction of sp³-hybridized carbons (Fsp3) is 0.381. The van der Waals surface area contributed by atoms with E-state index in [0.717, 1.165) is 62.1 Å². The van der Waals surface area contributed by atoms with Crippen LogP contribution in [0, 0.1) is 0 Å². The Morgan fingerprint density at radius 1 is 1.11 bits per heavy atom. The molecule has 0 saturated carbocycles. The lowest BCUT2D eigenvalue weighted by Crippen LogP contribution is -2.40. The van der Waals surface area contributed by atoms with Gasteiger partial charge in [-0.25, -0.2) is 0 Å². The number of benzene rings is 2. The first-order valence-electron chi connectivity index (χ1n) is 9.47. The maximum Gasteiger partial charge on any atom is 0.173 e. The van der Waals surface area contributed by atoms with Crippen LogP contribution < -0.4 is 5.32 Å². The van der Waals surface area contributed by atoms with Gasteiger partial charge in [0.25, 0.3) is 0 Å². The van der Waals surface area contributed by atoms with Gasteiger partial charge in [0.2, 0.25) is 0 Å². The lowest BCUT2D eigenvalue weighted by Gasteiger charge is -2.30. The standard InChI is InChI=1S/C21H25Cl2N3OS/c22-18-6-3-5-17(15-18)16-26(10-4-9-25-11-13-27-14-12-25)21(28)24-20-8-2-1-7-19(20)23/h1-3,5-8,15H,4,9-14,16H2,(H,24,28). The van der Waals surface area contributed by atoms with Gasteiger partial charge in [-0.1, -0.05) is 47.5 Å². The molecule has 1 saturated heterocycles. The Kier molecular flexibility index (Phi) is 8.37. The highest BCUT2D eigenvalue weighted by Crippen LogP contribution is 2.21. The highest BCUT2D eigenvalue weighted by atomic mass is 35.5. The zero-order chi connectivity index (χ0) is 19.8. The van der Waals surface area contributed by atoms with Gasteiger partial charge in [0.05, 0.1) is 23.9 Å². The van der Waals surface area contributed by atoms with Crippen molar-refractivity contribution in [1.29, 1.82) is 0 Å². The Bertz CT molecular complexity index is 784. The van der Waals surface area contributed by atoms with Crippen molar-refractivity contribution in [2.45, 2.75) is 13.0 Å². The maximum absolute atomic E-state index is 6.28. The second-order valence-electron chi connectivity index (χ2n) is 6.77. The van der Waals surface area contributed by atoms with Crippen LogP contribution in [0.2, 0.25) is 10.0 Å². The molecule has 0 bridgehead atoms. The minimum atomic E-state index is 0.654. The van der Waals surface area contributed by atoms with Crippen molar-refractivity contribution < 1.29 is 4.74 Å². The fourth-order valence-corrected chi connectivity index (χ4v) is 3.84. The van der Waals surface area contributed by atoms with Gasteiger partial charge in [-0.15, -0.1) is 0 Å². The molecule has 0 radical (unpaired) electrons. The molecule has 0 unspecified atom stereocenters. The van der Waals surface area contributed by atoms with Crippen molar-refractivity contribution >= 4 is 46.2 Å². The molecule has 150 valence electrons. The van der Waals surface area contributed by atoms with Crippen molar-refractivity contribution in [2.75, 3.05) is 44.7 Å². The summed E-state index contributed by atoms with van der Waals surface area (Å²) in [6.07, 6.45) is 1.02. The van der Waals surface area contributed by atoms with Crippen LogP contribution in [0.15, 0.2) is 48.5 Å². The zero-order valence-electron chi connectivity index (χ0n) is 15.7. The van der Waals surface area contributed by atoms with Crippen LogP contribution >= 0.6 is 35.4 Å². The van der Waals surface area contributed by atoms with E-state index in [0.29, 0.717) is 16.7 Å². The first-order chi connectivity index (χ1) is 13.6. The smallest absolute Gasteiger partial charge is 0.173 e. The number of morpholine rings is 1. The molecule has 1 aliphatic rings. The fourth-order valence-electron chi connectivity index (χ4n) is 3.17. The number of ether oxygens (including phenoxy) is 1. The number of rotatable bonds is 7. The molecule has 0 atom stereocenters. The van der Waals surface area contributed by atoms with E-state index in [2.05, 4.69) is 21.2 Å². The van der Waals surface area contributed by atoms with E-state index in [-0.39, 0.29) is 0 Å². The summed E-state index contributed by atoms with van der Waals surface area (Å²) in [5.74, 6) is 0. The predicted octanol–water partition coefficient (Wildman–Crippen LogP) is 4.91. The van der Waals surface area contributed by atoms with Crippen LogP contribution in [-0.2, 0) is 11.3 Å². The highest BCUT2D eigenvalue weighted by molar-refractivity contribution is 7.80. The van der Waals surface area contributed by atoms with Gasteiger partial charge in [-0.05, 0) is 48.5 Å². The Labute approximate surface area is 182 Å². The number of nitrogens with zero attached hydrogens (tertiary/aromatic N) is 2. The summed E-state index contributed by atoms with van der Waals surface area (Å²) in [7, 11) is 0. The van der Waals surface area contributed by atoms with Gasteiger partial charge in [-0.3, -0.25) is 4.90 Å². The molecule has 7 heteroatoms. The van der Waals surface area contributed by atoms with Crippen LogP contribution in [0.1, 0.15) is 12.0 Å². The van der Waals surface area contributed by atoms with E-state index in [1.54, 1.807) is 0 Å². The average molecular weight is 438 g/mol. The normalized spacial score (nSPS) is 14.6. The highest BCUT2D eigenvalue weighted by Gasteiger charge is 2.14. The molecule has 2 aromatic rings. The van der Waals surface area contributed by atoms with Crippen LogP contribution in [0.25, 0.3) is 0 Å². The van der Waals surface area contributed by atoms with E-state index in [1.165, 1.54) is 0 Å². The van der Waals surface area contributed by atoms with Gasteiger partial charge in [0.15, 0.2) is 5.11 Å². The molecule has 0 aliphatic carbocycles. The average Bonchev–Trinajstić information content (AvgIpc) is 2.70. The van der Waals surface area contributed by atoms with Crippen molar-refractivity contribution in [3.8, 4) is 0 Å². The molecular weight excluding hydrogens is 413 g/mol. The first kappa shape index (κ1) is 21.3. The van der Waals surface area contributed by atoms with E-state index in [1.807, 2.05) is 42.5 Å². The quantitative estimate of drug-likeness (QED) is 0.620. The van der Waals surface area contributed by atoms with Crippen molar-refractivity contribution in [2.24, 2.45) is 0 Å². The summed E-state index contributed by atoms with van der Waals surface area (Å²) in [5, 5.41) is 5.34. The lowest BCUT2D eigenvalue weighted by atomic mass is 10.2. The molecule has 1 fully saturated rings. The predicted molar refractivity (Wildman–Crippen MR) is 121 cm³/mol. The van der Waals surface area contributed by atoms with Crippen LogP contribution in [-0.4, -0.2) is 54.3 Å². The summed E-state index contributed by atoms with van der Waals surface area (Å²) in [4.78, 5) is 4.61. The van der Waals surface area contributed by atoms with Crippen molar-refractivity contribution in [1.82, 2.24) is 9.80 Å². The summed E-state index contributed by atoms with van der Waals surface area (Å²) >= 11 is 18.2. The summed E-state index contributed by atoms with van der Waals surface area (Å²) in [6, 6.07) is 15.5. The second kappa shape index (κ2) is 11.0. The minimum absolute atomic E-state index is 0.654. The molecule has 2 aromatic carbocycles. The first-order valence-corrected chi connectivity index (χ1v) is 10.6. The van der Waals surface area contributed by atoms with Crippen LogP contribution in [0.4, 0.5) is 5.69 Å². The minimum Gasteiger partial charge on any atom is -0.379 e. The third-order valence-electron chi connectivity index (χ3n) is 4.67. The zero-order valence-corrected chi connectivity index (χ0v) is 18.1. The summed E-state index contributed by atoms with van der Waals surface area (Å²) < 4.78 is 5.43. The lowest BCUT2D eigenvalue weighted by molar-refractivity contribution is 0.0368. The second-order valence-corrected chi connectivity index (χ2v) is 8.00. The topological polar surface area (TPSA) is 27.7 Å². The molecule has 3 rings (SSSR count). The van der Waals surface area contributed by atoms with Crippen LogP contribution in [0.5, 0.6) is 0 Å². The molecule has 0 amide bonds. The molecule has 0 aromatic heterocycles. The SMILES string of the molecule is S=C(Nc1ccccc1Cl)N(CCCN1CCOCC1)Cc1cccc(Cl)c1. The van der Waals surface area contributed by atoms with Crippen LogP contribution in [0.3, 0.4) is 0 Å². The Hall–Kier alpha value is -1.37. The number of halogens is 2. The van der Waals surface area contributed by atoms with Crippen molar-refractivity contribution in [3.63, 3.8) is 0 Å². The monoisotopic (exact) mass is 437 g/mol. The molecule has 4 nitrogen and oxygen atoms in total. The third-order valence-corrected chi connectivity index (χ3v) is 5.60. The molecular formula is C21H25Cl2N3OS. The summed E-state index contributed by atoms with van der Waals surface area (Å²) in [5.41, 5.74) is 1.95. The third kappa shape index (κ3) is 6.61. The number of thiocarbonyl (C=S) groups is 1. The van der Waals surface area contributed by atoms with Gasteiger partial charge < -0.3 is 15.0 Å². The molecule has 1 aliphatic heterocycles. The number of hydrogen-bond acceptors (Lipinski definition) is 3. The molecule has 28 heavy (non-hydrogen) atoms. The Balaban J connectivity index is 1.64. The van der Waals surface area contributed by atoms with E-state index >= 15 is 0 Å². The van der Waals surface area contributed by atoms with Gasteiger partial charge in [-0.2, -0.15) is 0 Å². The van der Waals surface area contributed by atoms with E-state index in [4.69, 9.17) is 40.2 Å². The van der Waals surface area contributed by atoms with E-state index in [9.17, 15) is 0 Å². The number of anilines is 1. The molecule has 1 heterocycles. The van der Waals surface area contributed by atoms with Crippen molar-refractivity contribution in [3.05, 3.63) is 64.1 Å². The Morgan fingerprint density at radius 2 is 1.89 bits per heavy atom.